The molecule has 1 heterocycles. The van der Waals surface area contributed by atoms with E-state index in [0.717, 1.165) is 28.5 Å². The highest BCUT2D eigenvalue weighted by Crippen LogP contribution is 2.23. The lowest BCUT2D eigenvalue weighted by atomic mass is 10.2. The number of halogens is 2. The summed E-state index contributed by atoms with van der Waals surface area (Å²) in [6.07, 6.45) is 2.85. The molecular formula is C12H12Br2N2S. The van der Waals surface area contributed by atoms with Crippen LogP contribution in [-0.4, -0.2) is 11.5 Å². The number of nitrogens with one attached hydrogen (secondary N) is 1. The number of hydrogen-bond acceptors (Lipinski definition) is 3. The highest BCUT2D eigenvalue weighted by atomic mass is 79.9. The van der Waals surface area contributed by atoms with Crippen LogP contribution >= 0.6 is 43.2 Å². The second kappa shape index (κ2) is 6.64. The van der Waals surface area contributed by atoms with Crippen molar-refractivity contribution in [2.75, 3.05) is 6.54 Å². The third-order valence-electron chi connectivity index (χ3n) is 2.31. The van der Waals surface area contributed by atoms with E-state index in [-0.39, 0.29) is 0 Å². The molecule has 0 atom stereocenters. The van der Waals surface area contributed by atoms with Crippen molar-refractivity contribution < 1.29 is 0 Å². The highest BCUT2D eigenvalue weighted by Gasteiger charge is 1.99. The summed E-state index contributed by atoms with van der Waals surface area (Å²) in [6.45, 7) is 1.85. The van der Waals surface area contributed by atoms with E-state index in [1.54, 1.807) is 11.3 Å². The maximum Gasteiger partial charge on any atom is 0.0937 e. The van der Waals surface area contributed by atoms with Crippen LogP contribution in [-0.2, 0) is 13.0 Å². The molecule has 2 aromatic rings. The molecule has 1 N–H and O–H groups in total. The Labute approximate surface area is 122 Å². The first-order valence-corrected chi connectivity index (χ1v) is 7.75. The average molecular weight is 376 g/mol. The first-order chi connectivity index (χ1) is 8.25. The van der Waals surface area contributed by atoms with E-state index in [9.17, 15) is 0 Å². The molecule has 0 aliphatic rings. The summed E-state index contributed by atoms with van der Waals surface area (Å²) < 4.78 is 2.18. The van der Waals surface area contributed by atoms with Gasteiger partial charge in [0.25, 0.3) is 0 Å². The molecule has 0 unspecified atom stereocenters. The zero-order valence-corrected chi connectivity index (χ0v) is 13.1. The van der Waals surface area contributed by atoms with Crippen LogP contribution in [0.4, 0.5) is 0 Å². The Morgan fingerprint density at radius 3 is 2.82 bits per heavy atom. The Balaban J connectivity index is 1.76. The molecule has 1 aromatic heterocycles. The molecule has 0 saturated heterocycles. The second-order valence-corrected chi connectivity index (χ2v) is 6.29. The number of aromatic nitrogens is 1. The summed E-state index contributed by atoms with van der Waals surface area (Å²) >= 11 is 8.68. The Morgan fingerprint density at radius 2 is 2.12 bits per heavy atom. The zero-order valence-electron chi connectivity index (χ0n) is 9.12. The number of rotatable bonds is 5. The normalized spacial score (nSPS) is 10.7. The number of hydrogen-bond donors (Lipinski definition) is 1. The summed E-state index contributed by atoms with van der Waals surface area (Å²) in [4.78, 5) is 4.25. The van der Waals surface area contributed by atoms with Crippen LogP contribution in [0.1, 0.15) is 10.6 Å². The van der Waals surface area contributed by atoms with Gasteiger partial charge in [0, 0.05) is 40.0 Å². The van der Waals surface area contributed by atoms with E-state index >= 15 is 0 Å². The smallest absolute Gasteiger partial charge is 0.0937 e. The minimum atomic E-state index is 0.886. The van der Waals surface area contributed by atoms with Crippen molar-refractivity contribution in [2.45, 2.75) is 13.0 Å². The molecule has 0 spiro atoms. The molecule has 0 amide bonds. The molecule has 0 aliphatic carbocycles. The number of benzene rings is 1. The Morgan fingerprint density at radius 1 is 1.24 bits per heavy atom. The maximum absolute atomic E-state index is 4.25. The number of nitrogens with zero attached hydrogens (tertiary/aromatic N) is 1. The Bertz CT molecular complexity index is 471. The van der Waals surface area contributed by atoms with Crippen LogP contribution in [0.15, 0.2) is 38.7 Å². The predicted molar refractivity (Wildman–Crippen MR) is 79.4 cm³/mol. The summed E-state index contributed by atoms with van der Waals surface area (Å²) in [6, 6.07) is 6.30. The molecule has 0 aliphatic heterocycles. The van der Waals surface area contributed by atoms with Crippen molar-refractivity contribution in [1.29, 1.82) is 0 Å². The van der Waals surface area contributed by atoms with E-state index in [1.165, 1.54) is 10.6 Å². The Kier molecular flexibility index (Phi) is 5.16. The monoisotopic (exact) mass is 374 g/mol. The van der Waals surface area contributed by atoms with Crippen LogP contribution in [0.25, 0.3) is 0 Å². The summed E-state index contributed by atoms with van der Waals surface area (Å²) in [7, 11) is 0. The first kappa shape index (κ1) is 13.2. The third-order valence-corrected chi connectivity index (χ3v) is 5.03. The summed E-state index contributed by atoms with van der Waals surface area (Å²) in [5, 5.41) is 6.62. The Hall–Kier alpha value is -0.230. The number of thiazole rings is 1. The van der Waals surface area contributed by atoms with Crippen molar-refractivity contribution in [1.82, 2.24) is 10.3 Å². The van der Waals surface area contributed by atoms with E-state index in [2.05, 4.69) is 60.4 Å². The van der Waals surface area contributed by atoms with E-state index < -0.39 is 0 Å². The minimum absolute atomic E-state index is 0.886. The summed E-state index contributed by atoms with van der Waals surface area (Å²) in [5.74, 6) is 0. The van der Waals surface area contributed by atoms with E-state index in [1.807, 2.05) is 11.6 Å². The second-order valence-electron chi connectivity index (χ2n) is 3.60. The lowest BCUT2D eigenvalue weighted by Gasteiger charge is -2.05. The highest BCUT2D eigenvalue weighted by molar-refractivity contribution is 9.13. The van der Waals surface area contributed by atoms with Gasteiger partial charge in [-0.05, 0) is 49.6 Å². The zero-order chi connectivity index (χ0) is 12.1. The van der Waals surface area contributed by atoms with Crippen molar-refractivity contribution in [3.63, 3.8) is 0 Å². The molecule has 0 fully saturated rings. The van der Waals surface area contributed by atoms with Gasteiger partial charge in [-0.15, -0.1) is 11.3 Å². The lowest BCUT2D eigenvalue weighted by molar-refractivity contribution is 0.685. The predicted octanol–water partition coefficient (Wildman–Crippen LogP) is 4.00. The van der Waals surface area contributed by atoms with Gasteiger partial charge in [0.2, 0.25) is 0 Å². The molecule has 0 saturated carbocycles. The molecule has 0 radical (unpaired) electrons. The van der Waals surface area contributed by atoms with Gasteiger partial charge in [-0.2, -0.15) is 0 Å². The SMILES string of the molecule is Brc1ccc(CNCCc2nccs2)cc1Br. The topological polar surface area (TPSA) is 24.9 Å². The van der Waals surface area contributed by atoms with Gasteiger partial charge in [0.15, 0.2) is 0 Å². The fraction of sp³-hybridized carbons (Fsp3) is 0.250. The molecule has 17 heavy (non-hydrogen) atoms. The molecule has 5 heteroatoms. The van der Waals surface area contributed by atoms with Gasteiger partial charge in [-0.3, -0.25) is 0 Å². The molecule has 2 nitrogen and oxygen atoms in total. The molecule has 90 valence electrons. The van der Waals surface area contributed by atoms with E-state index in [0.29, 0.717) is 0 Å². The molecule has 2 rings (SSSR count). The lowest BCUT2D eigenvalue weighted by Crippen LogP contribution is -2.16. The van der Waals surface area contributed by atoms with Gasteiger partial charge in [0.1, 0.15) is 0 Å². The van der Waals surface area contributed by atoms with Crippen LogP contribution in [0.3, 0.4) is 0 Å². The van der Waals surface area contributed by atoms with Crippen molar-refractivity contribution in [3.05, 3.63) is 49.3 Å². The fourth-order valence-corrected chi connectivity index (χ4v) is 2.75. The van der Waals surface area contributed by atoms with Crippen molar-refractivity contribution >= 4 is 43.2 Å². The van der Waals surface area contributed by atoms with Crippen molar-refractivity contribution in [2.24, 2.45) is 0 Å². The standard InChI is InChI=1S/C12H12Br2N2S/c13-10-2-1-9(7-11(10)14)8-15-4-3-12-16-5-6-17-12/h1-2,5-7,15H,3-4,8H2. The fourth-order valence-electron chi connectivity index (χ4n) is 1.45. The van der Waals surface area contributed by atoms with Gasteiger partial charge in [-0.25, -0.2) is 4.98 Å². The van der Waals surface area contributed by atoms with Gasteiger partial charge < -0.3 is 5.32 Å². The molecule has 0 bridgehead atoms. The van der Waals surface area contributed by atoms with Crippen LogP contribution in [0.5, 0.6) is 0 Å². The van der Waals surface area contributed by atoms with Gasteiger partial charge >= 0.3 is 0 Å². The quantitative estimate of drug-likeness (QED) is 0.799. The van der Waals surface area contributed by atoms with Gasteiger partial charge in [0.05, 0.1) is 5.01 Å². The van der Waals surface area contributed by atoms with E-state index in [4.69, 9.17) is 0 Å². The minimum Gasteiger partial charge on any atom is -0.312 e. The molecular weight excluding hydrogens is 364 g/mol. The summed E-state index contributed by atoms with van der Waals surface area (Å²) in [5.41, 5.74) is 1.28. The first-order valence-electron chi connectivity index (χ1n) is 5.29. The largest absolute Gasteiger partial charge is 0.312 e. The van der Waals surface area contributed by atoms with Crippen LogP contribution in [0.2, 0.25) is 0 Å². The van der Waals surface area contributed by atoms with Crippen molar-refractivity contribution in [3.8, 4) is 0 Å². The third kappa shape index (κ3) is 4.17. The average Bonchev–Trinajstić information content (AvgIpc) is 2.82. The van der Waals surface area contributed by atoms with Gasteiger partial charge in [-0.1, -0.05) is 6.07 Å². The van der Waals surface area contributed by atoms with Crippen LogP contribution in [0, 0.1) is 0 Å². The molecule has 1 aromatic carbocycles. The maximum atomic E-state index is 4.25. The van der Waals surface area contributed by atoms with Crippen LogP contribution < -0.4 is 5.32 Å².